The minimum atomic E-state index is -2.71. The molecule has 4 aliphatic rings. The molecule has 322 valence electrons. The van der Waals surface area contributed by atoms with Gasteiger partial charge < -0.3 is 34.2 Å². The maximum Gasteiger partial charge on any atom is 0.255 e. The lowest BCUT2D eigenvalue weighted by Crippen LogP contribution is -2.72. The first-order valence-electron chi connectivity index (χ1n) is 19.9. The maximum atomic E-state index is 15.4. The summed E-state index contributed by atoms with van der Waals surface area (Å²) in [6, 6.07) is 8.80. The molecule has 4 aromatic heterocycles. The molecule has 15 nitrogen and oxygen atoms in total. The fraction of sp³-hybridized carbons (Fsp3) is 0.390. The Labute approximate surface area is 349 Å². The Hall–Kier alpha value is -6.44. The minimum absolute atomic E-state index is 0. The second-order valence-corrected chi connectivity index (χ2v) is 16.0. The molecule has 61 heavy (non-hydrogen) atoms. The van der Waals surface area contributed by atoms with Gasteiger partial charge in [-0.3, -0.25) is 9.59 Å². The van der Waals surface area contributed by atoms with E-state index in [1.165, 1.54) is 29.1 Å². The summed E-state index contributed by atoms with van der Waals surface area (Å²) in [4.78, 5) is 53.8. The van der Waals surface area contributed by atoms with Gasteiger partial charge in [0.25, 0.3) is 6.43 Å². The van der Waals surface area contributed by atoms with Crippen molar-refractivity contribution < 1.29 is 40.6 Å². The molecule has 1 N–H and O–H groups in total. The zero-order chi connectivity index (χ0) is 42.4. The van der Waals surface area contributed by atoms with Crippen molar-refractivity contribution in [1.82, 2.24) is 44.1 Å². The Morgan fingerprint density at radius 1 is 0.918 bits per heavy atom. The van der Waals surface area contributed by atoms with E-state index in [1.54, 1.807) is 36.1 Å². The summed E-state index contributed by atoms with van der Waals surface area (Å²) >= 11 is 0. The number of methoxy groups -OCH3 is 1. The molecule has 8 heterocycles. The largest absolute Gasteiger partial charge is 0.378 e. The first-order valence-corrected chi connectivity index (χ1v) is 19.9. The fourth-order valence-corrected chi connectivity index (χ4v) is 9.33. The summed E-state index contributed by atoms with van der Waals surface area (Å²) < 4.78 is 80.6. The highest BCUT2D eigenvalue weighted by Gasteiger charge is 2.52. The number of nitrogens with zero attached hydrogens (tertiary/aromatic N) is 11. The van der Waals surface area contributed by atoms with Gasteiger partial charge in [-0.25, -0.2) is 36.6 Å². The summed E-state index contributed by atoms with van der Waals surface area (Å²) in [7, 11) is 3.24. The van der Waals surface area contributed by atoms with E-state index in [1.807, 2.05) is 22.5 Å². The third-order valence-electron chi connectivity index (χ3n) is 12.2. The molecule has 0 spiro atoms. The molecule has 0 aliphatic carbocycles. The number of pyridine rings is 1. The summed E-state index contributed by atoms with van der Waals surface area (Å²) in [5.74, 6) is -1.48. The number of carbonyl (C=O) groups excluding carboxylic acids is 2. The topological polar surface area (TPSA) is 143 Å². The Bertz CT molecular complexity index is 2760. The number of ether oxygens (including phenoxy) is 1. The van der Waals surface area contributed by atoms with E-state index in [0.717, 1.165) is 17.0 Å². The lowest BCUT2D eigenvalue weighted by Gasteiger charge is -2.55. The number of hydrogen-bond donors (Lipinski definition) is 1. The normalized spacial score (nSPS) is 22.9. The molecule has 0 saturated carbocycles. The van der Waals surface area contributed by atoms with Gasteiger partial charge in [0, 0.05) is 61.8 Å². The third kappa shape index (κ3) is 6.54. The Morgan fingerprint density at radius 2 is 1.75 bits per heavy atom. The number of fused-ring (bicyclic) bond motifs is 8. The number of carbonyl (C=O) groups is 2. The number of hydrogen-bond acceptors (Lipinski definition) is 11. The van der Waals surface area contributed by atoms with E-state index in [-0.39, 0.29) is 71.9 Å². The molecule has 10 rings (SSSR count). The van der Waals surface area contributed by atoms with E-state index in [9.17, 15) is 22.8 Å². The van der Waals surface area contributed by atoms with Crippen molar-refractivity contribution in [1.29, 1.82) is 0 Å². The van der Waals surface area contributed by atoms with Gasteiger partial charge in [0.1, 0.15) is 46.9 Å². The predicted molar refractivity (Wildman–Crippen MR) is 219 cm³/mol. The zero-order valence-electron chi connectivity index (χ0n) is 33.1. The lowest BCUT2D eigenvalue weighted by molar-refractivity contribution is -0.142. The van der Waals surface area contributed by atoms with Crippen molar-refractivity contribution in [2.75, 3.05) is 55.5 Å². The second-order valence-electron chi connectivity index (χ2n) is 16.0. The predicted octanol–water partition coefficient (Wildman–Crippen LogP) is 5.29. The molecule has 2 amide bonds. The monoisotopic (exact) mass is 848 g/mol. The van der Waals surface area contributed by atoms with Gasteiger partial charge in [-0.1, -0.05) is 6.07 Å². The van der Waals surface area contributed by atoms with Crippen LogP contribution in [0.25, 0.3) is 39.0 Å². The van der Waals surface area contributed by atoms with Gasteiger partial charge in [0.15, 0.2) is 11.5 Å². The number of piperazine rings is 1. The van der Waals surface area contributed by atoms with Crippen LogP contribution in [0.4, 0.5) is 39.5 Å². The number of piperidine rings is 1. The number of aryl methyl sites for hydroxylation is 1. The highest BCUT2D eigenvalue weighted by atomic mass is 19.3. The van der Waals surface area contributed by atoms with Crippen LogP contribution in [0.15, 0.2) is 54.7 Å². The second kappa shape index (κ2) is 14.6. The number of halogens is 5. The average Bonchev–Trinajstić information content (AvgIpc) is 3.91. The molecule has 4 aliphatic heterocycles. The molecule has 2 unspecified atom stereocenters. The molecule has 6 bridgehead atoms. The fourth-order valence-electron chi connectivity index (χ4n) is 9.33. The quantitative estimate of drug-likeness (QED) is 0.219. The number of rotatable bonds is 6. The summed E-state index contributed by atoms with van der Waals surface area (Å²) in [6.07, 6.45) is -1.11. The van der Waals surface area contributed by atoms with E-state index >= 15 is 8.78 Å². The van der Waals surface area contributed by atoms with Crippen LogP contribution in [0.2, 0.25) is 0 Å². The Morgan fingerprint density at radius 3 is 2.52 bits per heavy atom. The molecule has 2 aromatic carbocycles. The van der Waals surface area contributed by atoms with E-state index in [2.05, 4.69) is 15.4 Å². The number of aromatic nitrogens is 7. The number of anilines is 3. The molecule has 3 fully saturated rings. The number of likely N-dealkylation sites (N-methyl/N-ethyl adjacent to an activating group) is 1. The van der Waals surface area contributed by atoms with Crippen LogP contribution in [0.5, 0.6) is 0 Å². The Kier molecular flexibility index (Phi) is 9.29. The van der Waals surface area contributed by atoms with Crippen molar-refractivity contribution in [2.45, 2.75) is 63.0 Å². The SMILES string of the molecule is CO[C@H]1CN(C)C(=O)[C@@H]2CC(CN2c2nc(N3C4C[C@@H]3C(=O)N(CC(F)F)C4)nc3c2cnn3-c2ccc(F)cc2F)Nc2cccc(n2)-c2cc(F)cc3nc(C)n(c23)C1.[HH].[HH].[HH]. The molecule has 0 radical (unpaired) electrons. The van der Waals surface area contributed by atoms with Crippen LogP contribution in [0.3, 0.4) is 0 Å². The van der Waals surface area contributed by atoms with E-state index < -0.39 is 60.6 Å². The van der Waals surface area contributed by atoms with Crippen LogP contribution >= 0.6 is 0 Å². The van der Waals surface area contributed by atoms with Crippen molar-refractivity contribution >= 4 is 51.5 Å². The third-order valence-corrected chi connectivity index (χ3v) is 12.2. The zero-order valence-corrected chi connectivity index (χ0v) is 33.1. The smallest absolute Gasteiger partial charge is 0.255 e. The van der Waals surface area contributed by atoms with Gasteiger partial charge in [0.05, 0.1) is 53.5 Å². The number of nitrogens with one attached hydrogen (secondary N) is 1. The molecule has 6 aromatic rings. The molecular formula is C41H45F5N12O3. The highest BCUT2D eigenvalue weighted by molar-refractivity contribution is 5.95. The summed E-state index contributed by atoms with van der Waals surface area (Å²) in [5, 5.41) is 8.29. The standard InChI is InChI=1S/C41H39F5N12O3.3H2/c1-20-48-30-11-22(43)9-26-29-5-4-6-35(50-29)49-23-12-32(39(59)53(2)17-25(61-3)18-55(20)36(26)30)56(15-23)37-27-14-47-58(31-8-7-21(42)10-28(31)44)38(27)52-41(51-37)57-24-13-33(57)40(60)54(16-24)19-34(45)46;;;/h4-11,14,23-25,32-34H,12-13,15-19H2,1-3H3,(H,49,50);3*1H/t23?,24?,25-,32-,33+;;;/m0.../s1. The van der Waals surface area contributed by atoms with Crippen LogP contribution < -0.4 is 15.1 Å². The van der Waals surface area contributed by atoms with Crippen LogP contribution in [0.1, 0.15) is 22.9 Å². The summed E-state index contributed by atoms with van der Waals surface area (Å²) in [5.41, 5.74) is 2.20. The van der Waals surface area contributed by atoms with E-state index in [0.29, 0.717) is 45.7 Å². The van der Waals surface area contributed by atoms with Gasteiger partial charge in [-0.15, -0.1) is 0 Å². The van der Waals surface area contributed by atoms with Gasteiger partial charge in [0.2, 0.25) is 17.8 Å². The molecule has 3 saturated heterocycles. The van der Waals surface area contributed by atoms with Gasteiger partial charge >= 0.3 is 0 Å². The Balaban J connectivity index is 0.00000204. The van der Waals surface area contributed by atoms with Gasteiger partial charge in [-0.2, -0.15) is 15.1 Å². The van der Waals surface area contributed by atoms with Crippen molar-refractivity contribution in [2.24, 2.45) is 0 Å². The lowest BCUT2D eigenvalue weighted by atomic mass is 9.87. The maximum absolute atomic E-state index is 15.4. The van der Waals surface area contributed by atoms with Crippen LogP contribution in [-0.2, 0) is 20.9 Å². The van der Waals surface area contributed by atoms with E-state index in [4.69, 9.17) is 19.7 Å². The number of alkyl halides is 2. The van der Waals surface area contributed by atoms with Gasteiger partial charge in [-0.05, 0) is 50.1 Å². The molecular weight excluding hydrogens is 804 g/mol. The van der Waals surface area contributed by atoms with Crippen LogP contribution in [0, 0.1) is 24.4 Å². The van der Waals surface area contributed by atoms with Crippen LogP contribution in [-0.4, -0.2) is 133 Å². The van der Waals surface area contributed by atoms with Crippen molar-refractivity contribution in [3.8, 4) is 16.9 Å². The average molecular weight is 849 g/mol. The number of likely N-dealkylation sites (tertiary alicyclic amines) is 1. The molecule has 5 atom stereocenters. The number of benzene rings is 2. The summed E-state index contributed by atoms with van der Waals surface area (Å²) in [6.45, 7) is 1.81. The molecule has 20 heteroatoms. The first kappa shape index (κ1) is 38.7. The number of amides is 2. The first-order chi connectivity index (χ1) is 29.3. The minimum Gasteiger partial charge on any atom is -0.378 e. The number of imidazole rings is 1. The van der Waals surface area contributed by atoms with Crippen molar-refractivity contribution in [3.63, 3.8) is 0 Å². The van der Waals surface area contributed by atoms with Crippen molar-refractivity contribution in [3.05, 3.63) is 78.0 Å². The highest BCUT2D eigenvalue weighted by Crippen LogP contribution is 2.41.